The Balaban J connectivity index is 2.78. The third-order valence-corrected chi connectivity index (χ3v) is 3.53. The average molecular weight is 300 g/mol. The summed E-state index contributed by atoms with van der Waals surface area (Å²) in [6.07, 6.45) is 0.802. The molecule has 0 aliphatic carbocycles. The first-order valence-corrected chi connectivity index (χ1v) is 6.30. The van der Waals surface area contributed by atoms with Gasteiger partial charge in [-0.3, -0.25) is 4.90 Å². The molecule has 0 saturated carbocycles. The van der Waals surface area contributed by atoms with Gasteiger partial charge in [-0.1, -0.05) is 46.2 Å². The molecule has 0 aliphatic rings. The molecule has 0 heterocycles. The number of hydrogen-bond acceptors (Lipinski definition) is 3. The van der Waals surface area contributed by atoms with Crippen LogP contribution < -0.4 is 5.73 Å². The summed E-state index contributed by atoms with van der Waals surface area (Å²) in [7, 11) is 1.96. The van der Waals surface area contributed by atoms with Crippen molar-refractivity contribution in [1.29, 1.82) is 0 Å². The normalized spacial score (nSPS) is 14.0. The van der Waals surface area contributed by atoms with Crippen molar-refractivity contribution >= 4 is 21.8 Å². The lowest BCUT2D eigenvalue weighted by atomic mass is 10.1. The molecule has 0 spiro atoms. The topological polar surface area (TPSA) is 61.9 Å². The van der Waals surface area contributed by atoms with Gasteiger partial charge in [0, 0.05) is 11.0 Å². The zero-order valence-corrected chi connectivity index (χ0v) is 11.7. The van der Waals surface area contributed by atoms with E-state index in [2.05, 4.69) is 32.1 Å². The largest absolute Gasteiger partial charge is 0.409 e. The fourth-order valence-electron chi connectivity index (χ4n) is 1.82. The molecule has 0 aromatic heterocycles. The molecule has 1 unspecified atom stereocenters. The number of likely N-dealkylation sites (N-methyl/N-ethyl adjacent to an activating group) is 1. The third kappa shape index (κ3) is 3.71. The lowest BCUT2D eigenvalue weighted by Crippen LogP contribution is -2.41. The molecule has 0 amide bonds. The van der Waals surface area contributed by atoms with Crippen LogP contribution >= 0.6 is 15.9 Å². The van der Waals surface area contributed by atoms with E-state index in [1.807, 2.05) is 32.2 Å². The summed E-state index contributed by atoms with van der Waals surface area (Å²) < 4.78 is 1.07. The van der Waals surface area contributed by atoms with E-state index < -0.39 is 0 Å². The monoisotopic (exact) mass is 299 g/mol. The second-order valence-electron chi connectivity index (χ2n) is 3.96. The highest BCUT2D eigenvalue weighted by Gasteiger charge is 2.18. The molecular formula is C12H18BrN3O. The summed E-state index contributed by atoms with van der Waals surface area (Å²) in [4.78, 5) is 2.06. The van der Waals surface area contributed by atoms with Crippen LogP contribution in [0, 0.1) is 0 Å². The Morgan fingerprint density at radius 2 is 2.18 bits per heavy atom. The minimum absolute atomic E-state index is 0.0490. The van der Waals surface area contributed by atoms with Crippen LogP contribution in [0.3, 0.4) is 0 Å². The molecule has 0 bridgehead atoms. The minimum Gasteiger partial charge on any atom is -0.409 e. The summed E-state index contributed by atoms with van der Waals surface area (Å²) in [5.74, 6) is 0.252. The number of nitrogens with zero attached hydrogens (tertiary/aromatic N) is 2. The van der Waals surface area contributed by atoms with Gasteiger partial charge >= 0.3 is 0 Å². The van der Waals surface area contributed by atoms with E-state index in [4.69, 9.17) is 10.9 Å². The van der Waals surface area contributed by atoms with Gasteiger partial charge in [0.1, 0.15) is 0 Å². The fraction of sp³-hybridized carbons (Fsp3) is 0.417. The van der Waals surface area contributed by atoms with E-state index in [0.717, 1.165) is 17.4 Å². The van der Waals surface area contributed by atoms with E-state index in [9.17, 15) is 0 Å². The Hall–Kier alpha value is -1.07. The minimum atomic E-state index is -0.0490. The van der Waals surface area contributed by atoms with Crippen molar-refractivity contribution < 1.29 is 5.21 Å². The van der Waals surface area contributed by atoms with Gasteiger partial charge in [0.05, 0.1) is 6.04 Å². The predicted molar refractivity (Wildman–Crippen MR) is 73.1 cm³/mol. The van der Waals surface area contributed by atoms with Gasteiger partial charge in [0.15, 0.2) is 5.84 Å². The average Bonchev–Trinajstić information content (AvgIpc) is 2.32. The quantitative estimate of drug-likeness (QED) is 0.380. The molecule has 0 radical (unpaired) electrons. The van der Waals surface area contributed by atoms with Crippen molar-refractivity contribution in [1.82, 2.24) is 4.90 Å². The second-order valence-corrected chi connectivity index (χ2v) is 4.81. The molecule has 0 fully saturated rings. The van der Waals surface area contributed by atoms with Gasteiger partial charge in [-0.25, -0.2) is 0 Å². The van der Waals surface area contributed by atoms with Crippen LogP contribution in [0.4, 0.5) is 0 Å². The van der Waals surface area contributed by atoms with E-state index >= 15 is 0 Å². The molecule has 0 aliphatic heterocycles. The molecule has 94 valence electrons. The molecule has 3 N–H and O–H groups in total. The summed E-state index contributed by atoms with van der Waals surface area (Å²) in [6.45, 7) is 2.76. The Kier molecular flexibility index (Phi) is 5.44. The molecule has 17 heavy (non-hydrogen) atoms. The Morgan fingerprint density at radius 1 is 1.53 bits per heavy atom. The zero-order chi connectivity index (χ0) is 12.8. The molecule has 0 saturated heterocycles. The van der Waals surface area contributed by atoms with Crippen molar-refractivity contribution in [2.24, 2.45) is 10.9 Å². The number of benzene rings is 1. The highest BCUT2D eigenvalue weighted by Crippen LogP contribution is 2.18. The highest BCUT2D eigenvalue weighted by molar-refractivity contribution is 9.10. The molecule has 1 rings (SSSR count). The van der Waals surface area contributed by atoms with Crippen LogP contribution in [-0.4, -0.2) is 29.0 Å². The van der Waals surface area contributed by atoms with Crippen LogP contribution in [0.2, 0.25) is 0 Å². The number of rotatable bonds is 5. The maximum absolute atomic E-state index is 8.73. The summed E-state index contributed by atoms with van der Waals surface area (Å²) in [5.41, 5.74) is 6.85. The van der Waals surface area contributed by atoms with Gasteiger partial charge in [-0.15, -0.1) is 0 Å². The first-order chi connectivity index (χ1) is 8.10. The van der Waals surface area contributed by atoms with E-state index in [1.165, 1.54) is 5.56 Å². The SMILES string of the molecule is CCC(C(N)=NO)N(C)Cc1ccccc1Br. The van der Waals surface area contributed by atoms with Gasteiger partial charge in [-0.2, -0.15) is 0 Å². The van der Waals surface area contributed by atoms with Crippen LogP contribution in [0.1, 0.15) is 18.9 Å². The first-order valence-electron chi connectivity index (χ1n) is 5.51. The molecule has 5 heteroatoms. The molecule has 4 nitrogen and oxygen atoms in total. The van der Waals surface area contributed by atoms with Crippen LogP contribution in [0.25, 0.3) is 0 Å². The number of oxime groups is 1. The van der Waals surface area contributed by atoms with E-state index in [1.54, 1.807) is 0 Å². The first kappa shape index (κ1) is 14.0. The Morgan fingerprint density at radius 3 is 2.71 bits per heavy atom. The summed E-state index contributed by atoms with van der Waals surface area (Å²) >= 11 is 3.51. The van der Waals surface area contributed by atoms with Gasteiger partial charge < -0.3 is 10.9 Å². The van der Waals surface area contributed by atoms with Crippen LogP contribution in [-0.2, 0) is 6.54 Å². The number of amidine groups is 1. The standard InChI is InChI=1S/C12H18BrN3O/c1-3-11(12(14)15-17)16(2)8-9-6-4-5-7-10(9)13/h4-7,11,17H,3,8H2,1-2H3,(H2,14,15). The molecular weight excluding hydrogens is 282 g/mol. The van der Waals surface area contributed by atoms with E-state index in [-0.39, 0.29) is 11.9 Å². The second kappa shape index (κ2) is 6.61. The number of nitrogens with two attached hydrogens (primary N) is 1. The molecule has 1 aromatic rings. The predicted octanol–water partition coefficient (Wildman–Crippen LogP) is 2.41. The zero-order valence-electron chi connectivity index (χ0n) is 10.1. The molecule has 1 atom stereocenters. The van der Waals surface area contributed by atoms with Gasteiger partial charge in [0.2, 0.25) is 0 Å². The number of halogens is 1. The van der Waals surface area contributed by atoms with Crippen molar-refractivity contribution in [3.63, 3.8) is 0 Å². The summed E-state index contributed by atoms with van der Waals surface area (Å²) in [6, 6.07) is 7.99. The smallest absolute Gasteiger partial charge is 0.156 e. The van der Waals surface area contributed by atoms with E-state index in [0.29, 0.717) is 0 Å². The van der Waals surface area contributed by atoms with Crippen molar-refractivity contribution in [3.05, 3.63) is 34.3 Å². The fourth-order valence-corrected chi connectivity index (χ4v) is 2.23. The molecule has 1 aromatic carbocycles. The van der Waals surface area contributed by atoms with Crippen LogP contribution in [0.5, 0.6) is 0 Å². The maximum atomic E-state index is 8.73. The van der Waals surface area contributed by atoms with Crippen molar-refractivity contribution in [2.45, 2.75) is 25.9 Å². The number of hydrogen-bond donors (Lipinski definition) is 2. The lowest BCUT2D eigenvalue weighted by Gasteiger charge is -2.26. The Labute approximate surface area is 110 Å². The van der Waals surface area contributed by atoms with Crippen LogP contribution in [0.15, 0.2) is 33.9 Å². The summed E-state index contributed by atoms with van der Waals surface area (Å²) in [5, 5.41) is 11.8. The van der Waals surface area contributed by atoms with Crippen molar-refractivity contribution in [3.8, 4) is 0 Å². The maximum Gasteiger partial charge on any atom is 0.156 e. The Bertz CT molecular complexity index is 395. The van der Waals surface area contributed by atoms with Gasteiger partial charge in [-0.05, 0) is 25.1 Å². The van der Waals surface area contributed by atoms with Crippen molar-refractivity contribution in [2.75, 3.05) is 7.05 Å². The highest BCUT2D eigenvalue weighted by atomic mass is 79.9. The van der Waals surface area contributed by atoms with Gasteiger partial charge in [0.25, 0.3) is 0 Å². The lowest BCUT2D eigenvalue weighted by molar-refractivity contribution is 0.264. The third-order valence-electron chi connectivity index (χ3n) is 2.75.